The lowest BCUT2D eigenvalue weighted by Gasteiger charge is -2.45. The average Bonchev–Trinajstić information content (AvgIpc) is 3.60. The van der Waals surface area contributed by atoms with Crippen LogP contribution in [0.4, 0.5) is 0 Å². The third-order valence-corrected chi connectivity index (χ3v) is 10.3. The lowest BCUT2D eigenvalue weighted by Crippen LogP contribution is -2.57. The largest absolute Gasteiger partial charge is 0.504 e. The Labute approximate surface area is 278 Å². The number of ether oxygens (including phenoxy) is 4. The molecule has 2 fully saturated rings. The fraction of sp³-hybridized carbons (Fsp3) is 0.444. The second-order valence-corrected chi connectivity index (χ2v) is 12.9. The Morgan fingerprint density at radius 2 is 1.75 bits per heavy atom. The van der Waals surface area contributed by atoms with E-state index >= 15 is 4.79 Å². The number of carbonyl (C=O) groups excluding carboxylic acids is 2. The van der Waals surface area contributed by atoms with Gasteiger partial charge in [-0.05, 0) is 43.9 Å². The Kier molecular flexibility index (Phi) is 8.47. The minimum Gasteiger partial charge on any atom is -0.504 e. The van der Waals surface area contributed by atoms with Gasteiger partial charge in [0.2, 0.25) is 5.91 Å². The van der Waals surface area contributed by atoms with Gasteiger partial charge in [0.25, 0.3) is 5.91 Å². The van der Waals surface area contributed by atoms with Gasteiger partial charge in [-0.3, -0.25) is 9.59 Å². The summed E-state index contributed by atoms with van der Waals surface area (Å²) in [4.78, 5) is 29.7. The Balaban J connectivity index is 1.61. The van der Waals surface area contributed by atoms with Crippen molar-refractivity contribution in [1.29, 1.82) is 0 Å². The number of amides is 2. The summed E-state index contributed by atoms with van der Waals surface area (Å²) in [7, 11) is 4.28. The first-order valence-electron chi connectivity index (χ1n) is 16.0. The van der Waals surface area contributed by atoms with Crippen LogP contribution in [0.15, 0.2) is 60.7 Å². The molecule has 256 valence electrons. The van der Waals surface area contributed by atoms with Gasteiger partial charge in [-0.2, -0.15) is 0 Å². The molecular formula is C36H42N2O10. The first-order valence-corrected chi connectivity index (χ1v) is 16.0. The topological polar surface area (TPSA) is 167 Å². The summed E-state index contributed by atoms with van der Waals surface area (Å²) in [6.45, 7) is 3.36. The molecule has 1 aliphatic carbocycles. The van der Waals surface area contributed by atoms with Gasteiger partial charge in [0.05, 0.1) is 32.8 Å². The molecule has 3 aromatic rings. The van der Waals surface area contributed by atoms with Gasteiger partial charge in [0, 0.05) is 30.2 Å². The number of benzene rings is 3. The molecule has 1 saturated carbocycles. The van der Waals surface area contributed by atoms with Crippen molar-refractivity contribution in [3.05, 3.63) is 77.4 Å². The quantitative estimate of drug-likeness (QED) is 0.230. The molecule has 0 spiro atoms. The molecule has 0 aromatic heterocycles. The van der Waals surface area contributed by atoms with Crippen LogP contribution in [0.25, 0.3) is 0 Å². The van der Waals surface area contributed by atoms with E-state index in [1.165, 1.54) is 45.3 Å². The zero-order valence-electron chi connectivity index (χ0n) is 27.6. The number of nitrogens with one attached hydrogen (secondary N) is 1. The van der Waals surface area contributed by atoms with Crippen molar-refractivity contribution in [2.75, 3.05) is 27.9 Å². The molecule has 12 nitrogen and oxygen atoms in total. The first-order chi connectivity index (χ1) is 22.9. The fourth-order valence-corrected chi connectivity index (χ4v) is 7.67. The summed E-state index contributed by atoms with van der Waals surface area (Å²) in [6.07, 6.45) is -1.41. The van der Waals surface area contributed by atoms with E-state index in [9.17, 15) is 25.2 Å². The third kappa shape index (κ3) is 4.84. The van der Waals surface area contributed by atoms with Crippen molar-refractivity contribution >= 4 is 11.8 Å². The summed E-state index contributed by atoms with van der Waals surface area (Å²) in [6, 6.07) is 16.6. The molecule has 3 aromatic carbocycles. The SMILES string of the molecule is CC[C@](C)(O)C(=O)N[C@@H]1CCCN1C(=O)[C@@H]1[C@@H](c2ccccc2)[C@]2(c3ccc(OC)c(O)c3)Oc3cc(OC)cc(OC)c3[C@@]1(O)[C@@H]2O. The number of hydrogen-bond acceptors (Lipinski definition) is 10. The Morgan fingerprint density at radius 3 is 2.38 bits per heavy atom. The van der Waals surface area contributed by atoms with Crippen LogP contribution in [-0.4, -0.2) is 82.9 Å². The number of nitrogens with zero attached hydrogens (tertiary/aromatic N) is 1. The number of likely N-dealkylation sites (tertiary alicyclic amines) is 1. The Hall–Kier alpha value is -4.52. The van der Waals surface area contributed by atoms with Crippen molar-refractivity contribution in [1.82, 2.24) is 10.2 Å². The number of rotatable bonds is 9. The van der Waals surface area contributed by atoms with Gasteiger partial charge in [-0.15, -0.1) is 0 Å². The fourth-order valence-electron chi connectivity index (χ4n) is 7.67. The lowest BCUT2D eigenvalue weighted by molar-refractivity contribution is -0.168. The van der Waals surface area contributed by atoms with Crippen LogP contribution in [0.2, 0.25) is 0 Å². The van der Waals surface area contributed by atoms with Crippen molar-refractivity contribution in [2.24, 2.45) is 5.92 Å². The van der Waals surface area contributed by atoms with Crippen LogP contribution in [0, 0.1) is 5.92 Å². The van der Waals surface area contributed by atoms with Crippen LogP contribution >= 0.6 is 0 Å². The van der Waals surface area contributed by atoms with Crippen molar-refractivity contribution in [2.45, 2.75) is 68.1 Å². The summed E-state index contributed by atoms with van der Waals surface area (Å²) in [5.74, 6) is -3.05. The van der Waals surface area contributed by atoms with Gasteiger partial charge < -0.3 is 49.6 Å². The summed E-state index contributed by atoms with van der Waals surface area (Å²) in [5, 5.41) is 50.2. The zero-order chi connectivity index (χ0) is 34.6. The molecule has 3 aliphatic rings. The van der Waals surface area contributed by atoms with Gasteiger partial charge >= 0.3 is 0 Å². The summed E-state index contributed by atoms with van der Waals surface area (Å²) >= 11 is 0. The van der Waals surface area contributed by atoms with Crippen molar-refractivity contribution in [3.63, 3.8) is 0 Å². The van der Waals surface area contributed by atoms with Crippen LogP contribution in [0.3, 0.4) is 0 Å². The molecule has 2 heterocycles. The maximum Gasteiger partial charge on any atom is 0.253 e. The van der Waals surface area contributed by atoms with E-state index in [-0.39, 0.29) is 47.1 Å². The number of carbonyl (C=O) groups is 2. The maximum absolute atomic E-state index is 15.2. The van der Waals surface area contributed by atoms with Crippen LogP contribution in [0.5, 0.6) is 28.7 Å². The molecule has 0 unspecified atom stereocenters. The summed E-state index contributed by atoms with van der Waals surface area (Å²) in [5.41, 5.74) is -4.87. The van der Waals surface area contributed by atoms with E-state index in [2.05, 4.69) is 5.32 Å². The molecule has 6 rings (SSSR count). The van der Waals surface area contributed by atoms with Crippen molar-refractivity contribution in [3.8, 4) is 28.7 Å². The molecule has 48 heavy (non-hydrogen) atoms. The number of aliphatic hydroxyl groups is 3. The Bertz CT molecular complexity index is 1710. The van der Waals surface area contributed by atoms with Crippen LogP contribution in [0.1, 0.15) is 55.7 Å². The molecule has 0 radical (unpaired) electrons. The van der Waals surface area contributed by atoms with Gasteiger partial charge in [-0.1, -0.05) is 43.3 Å². The molecule has 2 amide bonds. The minimum atomic E-state index is -2.32. The molecule has 2 aliphatic heterocycles. The monoisotopic (exact) mass is 662 g/mol. The molecule has 2 bridgehead atoms. The Morgan fingerprint density at radius 1 is 1.04 bits per heavy atom. The van der Waals surface area contributed by atoms with Crippen LogP contribution < -0.4 is 24.3 Å². The van der Waals surface area contributed by atoms with E-state index in [0.29, 0.717) is 24.2 Å². The zero-order valence-corrected chi connectivity index (χ0v) is 27.6. The third-order valence-electron chi connectivity index (χ3n) is 10.3. The number of fused-ring (bicyclic) bond motifs is 4. The molecule has 5 N–H and O–H groups in total. The standard InChI is InChI=1S/C36H42N2O10/c1-6-34(2,43)33(42)37-27-13-10-16-38(27)31(40)30-28(20-11-8-7-9-12-20)36(21-14-15-24(46-4)23(39)17-21)32(41)35(30,44)29-25(47-5)18-22(45-3)19-26(29)48-36/h7-9,11-12,14-15,17-19,27-28,30,32,39,41,43-44H,6,10,13,16H2,1-5H3,(H,37,42)/t27-,28+,30-,32-,34-,35-,36-/m0/s1. The van der Waals surface area contributed by atoms with E-state index in [1.807, 2.05) is 6.07 Å². The number of methoxy groups -OCH3 is 3. The highest BCUT2D eigenvalue weighted by molar-refractivity contribution is 5.87. The first kappa shape index (κ1) is 33.4. The average molecular weight is 663 g/mol. The molecular weight excluding hydrogens is 620 g/mol. The second-order valence-electron chi connectivity index (χ2n) is 12.9. The summed E-state index contributed by atoms with van der Waals surface area (Å²) < 4.78 is 23.4. The highest BCUT2D eigenvalue weighted by Gasteiger charge is 2.76. The predicted molar refractivity (Wildman–Crippen MR) is 173 cm³/mol. The van der Waals surface area contributed by atoms with E-state index < -0.39 is 52.7 Å². The molecule has 1 saturated heterocycles. The van der Waals surface area contributed by atoms with Crippen molar-refractivity contribution < 1.29 is 49.0 Å². The normalized spacial score (nSPS) is 28.5. The van der Waals surface area contributed by atoms with Gasteiger partial charge in [-0.25, -0.2) is 0 Å². The smallest absolute Gasteiger partial charge is 0.253 e. The minimum absolute atomic E-state index is 0.0668. The second kappa shape index (κ2) is 12.2. The number of phenolic OH excluding ortho intramolecular Hbond substituents is 1. The molecule has 7 atom stereocenters. The van der Waals surface area contributed by atoms with Gasteiger partial charge in [0.15, 0.2) is 17.1 Å². The highest BCUT2D eigenvalue weighted by atomic mass is 16.5. The number of aromatic hydroxyl groups is 1. The predicted octanol–water partition coefficient (Wildman–Crippen LogP) is 2.89. The number of aliphatic hydroxyl groups excluding tert-OH is 1. The number of phenols is 1. The van der Waals surface area contributed by atoms with E-state index in [1.54, 1.807) is 49.4 Å². The van der Waals surface area contributed by atoms with Gasteiger partial charge in [0.1, 0.15) is 40.7 Å². The highest BCUT2D eigenvalue weighted by Crippen LogP contribution is 2.68. The number of hydrogen-bond donors (Lipinski definition) is 5. The lowest BCUT2D eigenvalue weighted by atomic mass is 9.75. The van der Waals surface area contributed by atoms with Crippen LogP contribution in [-0.2, 0) is 20.8 Å². The van der Waals surface area contributed by atoms with E-state index in [4.69, 9.17) is 18.9 Å². The van der Waals surface area contributed by atoms with E-state index in [0.717, 1.165) is 0 Å². The molecule has 12 heteroatoms. The maximum atomic E-state index is 15.2.